The Labute approximate surface area is 134 Å². The number of hydrogen-bond donors (Lipinski definition) is 0. The van der Waals surface area contributed by atoms with Crippen LogP contribution in [-0.2, 0) is 19.2 Å². The lowest BCUT2D eigenvalue weighted by Crippen LogP contribution is -2.53. The van der Waals surface area contributed by atoms with Crippen LogP contribution in [-0.4, -0.2) is 17.7 Å². The maximum atomic E-state index is 11.0. The van der Waals surface area contributed by atoms with Gasteiger partial charge in [0.1, 0.15) is 0 Å². The monoisotopic (exact) mass is 316 g/mol. The Hall–Kier alpha value is -0.810. The Balaban J connectivity index is 2.33. The van der Waals surface area contributed by atoms with Crippen LogP contribution in [0.2, 0.25) is 0 Å². The van der Waals surface area contributed by atoms with E-state index in [-0.39, 0.29) is 0 Å². The lowest BCUT2D eigenvalue weighted by Gasteiger charge is -2.39. The Kier molecular flexibility index (Phi) is 6.68. The second-order valence-corrected chi connectivity index (χ2v) is 7.93. The third-order valence-electron chi connectivity index (χ3n) is 3.63. The quantitative estimate of drug-likeness (QED) is 0.236. The second kappa shape index (κ2) is 7.64. The van der Waals surface area contributed by atoms with Crippen LogP contribution in [0.5, 0.6) is 0 Å². The molecule has 0 bridgehead atoms. The predicted octanol–water partition coefficient (Wildman–Crippen LogP) is 5.33. The van der Waals surface area contributed by atoms with Gasteiger partial charge in [-0.3, -0.25) is 0 Å². The molecule has 1 rings (SSSR count). The molecule has 0 amide bonds. The van der Waals surface area contributed by atoms with Crippen molar-refractivity contribution in [2.45, 2.75) is 98.1 Å². The summed E-state index contributed by atoms with van der Waals surface area (Å²) in [4.78, 5) is 21.8. The maximum Gasteiger partial charge on any atom is 0.518 e. The zero-order valence-electron chi connectivity index (χ0n) is 15.0. The molecular weight excluding hydrogens is 284 g/mol. The molecule has 0 aliphatic carbocycles. The average molecular weight is 316 g/mol. The number of cyclic esters (lactones) is 2. The summed E-state index contributed by atoms with van der Waals surface area (Å²) in [6, 6.07) is 0. The smallest absolute Gasteiger partial charge is 0.363 e. The minimum Gasteiger partial charge on any atom is -0.363 e. The van der Waals surface area contributed by atoms with Crippen LogP contribution in [0.15, 0.2) is 0 Å². The zero-order valence-corrected chi connectivity index (χ0v) is 15.0. The fourth-order valence-corrected chi connectivity index (χ4v) is 2.43. The van der Waals surface area contributed by atoms with E-state index in [1.807, 2.05) is 13.8 Å². The van der Waals surface area contributed by atoms with Crippen LogP contribution in [0.3, 0.4) is 0 Å². The highest BCUT2D eigenvalue weighted by Gasteiger charge is 2.52. The molecule has 22 heavy (non-hydrogen) atoms. The molecule has 1 aliphatic rings. The van der Waals surface area contributed by atoms with E-state index in [2.05, 4.69) is 27.7 Å². The van der Waals surface area contributed by atoms with Gasteiger partial charge in [-0.1, -0.05) is 47.0 Å². The Morgan fingerprint density at radius 3 is 2.14 bits per heavy atom. The Bertz CT molecular complexity index is 349. The molecule has 0 atom stereocenters. The molecule has 1 fully saturated rings. The van der Waals surface area contributed by atoms with Gasteiger partial charge in [-0.05, 0) is 38.5 Å². The van der Waals surface area contributed by atoms with Gasteiger partial charge in [0, 0.05) is 0 Å². The van der Waals surface area contributed by atoms with Crippen molar-refractivity contribution in [1.82, 2.24) is 0 Å². The third kappa shape index (κ3) is 6.97. The van der Waals surface area contributed by atoms with Crippen molar-refractivity contribution < 1.29 is 24.0 Å². The van der Waals surface area contributed by atoms with Gasteiger partial charge < -0.3 is 9.47 Å². The van der Waals surface area contributed by atoms with Crippen LogP contribution in [0, 0.1) is 5.41 Å². The first-order chi connectivity index (χ1) is 10.1. The highest BCUT2D eigenvalue weighted by Crippen LogP contribution is 2.35. The topological polar surface area (TPSA) is 54.0 Å². The highest BCUT2D eigenvalue weighted by molar-refractivity contribution is 5.64. The molecule has 0 saturated carbocycles. The standard InChI is InChI=1S/C17H32O5/c1-7-11-16(5,6)21-22-17(19-14(18)20-17)13-10-8-9-12-15(2,3)4/h7-13H2,1-6H3. The molecule has 0 spiro atoms. The van der Waals surface area contributed by atoms with Gasteiger partial charge in [0.2, 0.25) is 0 Å². The highest BCUT2D eigenvalue weighted by atomic mass is 17.3. The van der Waals surface area contributed by atoms with Crippen LogP contribution in [0.25, 0.3) is 0 Å². The van der Waals surface area contributed by atoms with Crippen molar-refractivity contribution in [2.24, 2.45) is 5.41 Å². The number of carbonyl (C=O) groups excluding carboxylic acids is 1. The van der Waals surface area contributed by atoms with Crippen molar-refractivity contribution >= 4 is 6.16 Å². The Morgan fingerprint density at radius 2 is 1.64 bits per heavy atom. The third-order valence-corrected chi connectivity index (χ3v) is 3.63. The number of carbonyl (C=O) groups is 1. The minimum atomic E-state index is -1.34. The van der Waals surface area contributed by atoms with Crippen molar-refractivity contribution in [3.63, 3.8) is 0 Å². The normalized spacial score (nSPS) is 17.6. The first-order valence-electron chi connectivity index (χ1n) is 8.36. The van der Waals surface area contributed by atoms with Crippen LogP contribution in [0.4, 0.5) is 4.79 Å². The fourth-order valence-electron chi connectivity index (χ4n) is 2.43. The number of ether oxygens (including phenoxy) is 2. The van der Waals surface area contributed by atoms with E-state index in [4.69, 9.17) is 19.2 Å². The van der Waals surface area contributed by atoms with Gasteiger partial charge in [0.05, 0.1) is 12.0 Å². The number of unbranched alkanes of at least 4 members (excludes halogenated alkanes) is 2. The molecule has 1 aliphatic heterocycles. The summed E-state index contributed by atoms with van der Waals surface area (Å²) in [7, 11) is 0. The fraction of sp³-hybridized carbons (Fsp3) is 0.941. The van der Waals surface area contributed by atoms with E-state index in [1.165, 1.54) is 6.42 Å². The lowest BCUT2D eigenvalue weighted by molar-refractivity contribution is -0.543. The van der Waals surface area contributed by atoms with Crippen molar-refractivity contribution in [2.75, 3.05) is 0 Å². The van der Waals surface area contributed by atoms with Gasteiger partial charge in [-0.15, -0.1) is 4.89 Å². The molecule has 0 aromatic heterocycles. The lowest BCUT2D eigenvalue weighted by atomic mass is 9.89. The van der Waals surface area contributed by atoms with Crippen LogP contribution in [0.1, 0.15) is 86.5 Å². The largest absolute Gasteiger partial charge is 0.518 e. The molecule has 5 nitrogen and oxygen atoms in total. The molecule has 0 aromatic carbocycles. The van der Waals surface area contributed by atoms with Gasteiger partial charge >= 0.3 is 12.1 Å². The SMILES string of the molecule is CCCC(C)(C)OOC1(CCCCCC(C)(C)C)OC(=O)O1. The maximum absolute atomic E-state index is 11.0. The van der Waals surface area contributed by atoms with E-state index in [9.17, 15) is 4.79 Å². The molecule has 0 unspecified atom stereocenters. The summed E-state index contributed by atoms with van der Waals surface area (Å²) >= 11 is 0. The predicted molar refractivity (Wildman–Crippen MR) is 84.0 cm³/mol. The van der Waals surface area contributed by atoms with Gasteiger partial charge in [-0.25, -0.2) is 9.68 Å². The summed E-state index contributed by atoms with van der Waals surface area (Å²) in [5, 5.41) is 0. The summed E-state index contributed by atoms with van der Waals surface area (Å²) < 4.78 is 10.1. The first kappa shape index (κ1) is 19.2. The number of hydrogen-bond acceptors (Lipinski definition) is 5. The summed E-state index contributed by atoms with van der Waals surface area (Å²) in [5.74, 6) is -1.34. The minimum absolute atomic E-state index is 0.348. The van der Waals surface area contributed by atoms with Crippen molar-refractivity contribution in [1.29, 1.82) is 0 Å². The number of rotatable bonds is 10. The Morgan fingerprint density at radius 1 is 1.00 bits per heavy atom. The van der Waals surface area contributed by atoms with E-state index in [0.717, 1.165) is 32.1 Å². The summed E-state index contributed by atoms with van der Waals surface area (Å²) in [6.45, 7) is 12.7. The second-order valence-electron chi connectivity index (χ2n) is 7.93. The molecule has 5 heteroatoms. The molecule has 1 heterocycles. The first-order valence-corrected chi connectivity index (χ1v) is 8.36. The zero-order chi connectivity index (χ0) is 16.9. The molecule has 0 radical (unpaired) electrons. The molecular formula is C17H32O5. The average Bonchev–Trinajstić information content (AvgIpc) is 2.32. The van der Waals surface area contributed by atoms with Gasteiger partial charge in [0.25, 0.3) is 0 Å². The van der Waals surface area contributed by atoms with E-state index in [0.29, 0.717) is 11.8 Å². The van der Waals surface area contributed by atoms with E-state index in [1.54, 1.807) is 0 Å². The van der Waals surface area contributed by atoms with Crippen LogP contribution >= 0.6 is 0 Å². The summed E-state index contributed by atoms with van der Waals surface area (Å²) in [6.07, 6.45) is 5.83. The van der Waals surface area contributed by atoms with Crippen molar-refractivity contribution in [3.05, 3.63) is 0 Å². The van der Waals surface area contributed by atoms with Gasteiger partial charge in [-0.2, -0.15) is 0 Å². The molecule has 1 saturated heterocycles. The molecule has 0 N–H and O–H groups in total. The van der Waals surface area contributed by atoms with Crippen LogP contribution < -0.4 is 0 Å². The molecule has 130 valence electrons. The van der Waals surface area contributed by atoms with Crippen molar-refractivity contribution in [3.8, 4) is 0 Å². The summed E-state index contributed by atoms with van der Waals surface area (Å²) in [5.41, 5.74) is -0.0831. The van der Waals surface area contributed by atoms with Gasteiger partial charge in [0.15, 0.2) is 0 Å². The van der Waals surface area contributed by atoms with E-state index < -0.39 is 17.7 Å². The molecule has 0 aromatic rings. The van der Waals surface area contributed by atoms with E-state index >= 15 is 0 Å².